The van der Waals surface area contributed by atoms with Crippen LogP contribution < -0.4 is 5.32 Å². The Hall–Kier alpha value is -1.44. The van der Waals surface area contributed by atoms with Gasteiger partial charge in [0.15, 0.2) is 0 Å². The number of amides is 1. The molecule has 0 spiro atoms. The van der Waals surface area contributed by atoms with Gasteiger partial charge in [-0.1, -0.05) is 0 Å². The fourth-order valence-electron chi connectivity index (χ4n) is 4.05. The van der Waals surface area contributed by atoms with E-state index in [1.54, 1.807) is 7.11 Å². The van der Waals surface area contributed by atoms with Crippen LogP contribution in [0, 0.1) is 5.92 Å². The molecule has 2 aliphatic rings. The highest BCUT2D eigenvalue weighted by atomic mass is 16.5. The van der Waals surface area contributed by atoms with E-state index >= 15 is 0 Å². The second-order valence-corrected chi connectivity index (χ2v) is 8.34. The average Bonchev–Trinajstić information content (AvgIpc) is 3.29. The molecular formula is C19H32N4O3. The monoisotopic (exact) mass is 364 g/mol. The number of rotatable bonds is 7. The molecule has 3 heterocycles. The maximum absolute atomic E-state index is 12.8. The van der Waals surface area contributed by atoms with Gasteiger partial charge in [0, 0.05) is 55.9 Å². The van der Waals surface area contributed by atoms with Crippen LogP contribution in [0.15, 0.2) is 12.4 Å². The second kappa shape index (κ2) is 8.06. The Labute approximate surface area is 156 Å². The predicted octanol–water partition coefficient (Wildman–Crippen LogP) is 1.60. The molecule has 0 aliphatic carbocycles. The Bertz CT molecular complexity index is 604. The number of aromatic nitrogens is 2. The summed E-state index contributed by atoms with van der Waals surface area (Å²) < 4.78 is 12.5. The summed E-state index contributed by atoms with van der Waals surface area (Å²) >= 11 is 0. The molecule has 2 aliphatic heterocycles. The second-order valence-electron chi connectivity index (χ2n) is 8.34. The number of nitrogens with one attached hydrogen (secondary N) is 1. The largest absolute Gasteiger partial charge is 0.383 e. The third kappa shape index (κ3) is 4.27. The number of hydrogen-bond donors (Lipinski definition) is 1. The van der Waals surface area contributed by atoms with Gasteiger partial charge in [-0.15, -0.1) is 0 Å². The van der Waals surface area contributed by atoms with E-state index in [1.807, 2.05) is 15.8 Å². The van der Waals surface area contributed by atoms with Crippen molar-refractivity contribution >= 4 is 5.91 Å². The number of carbonyl (C=O) groups is 1. The van der Waals surface area contributed by atoms with Crippen molar-refractivity contribution in [1.82, 2.24) is 20.0 Å². The zero-order valence-corrected chi connectivity index (χ0v) is 16.4. The molecule has 0 saturated carbocycles. The number of likely N-dealkylation sites (tertiary alicyclic amines) is 1. The Morgan fingerprint density at radius 2 is 2.23 bits per heavy atom. The van der Waals surface area contributed by atoms with E-state index in [1.165, 1.54) is 0 Å². The van der Waals surface area contributed by atoms with E-state index in [0.29, 0.717) is 19.1 Å². The summed E-state index contributed by atoms with van der Waals surface area (Å²) in [4.78, 5) is 14.9. The minimum atomic E-state index is -0.221. The van der Waals surface area contributed by atoms with Crippen molar-refractivity contribution in [3.05, 3.63) is 18.0 Å². The Morgan fingerprint density at radius 3 is 2.88 bits per heavy atom. The van der Waals surface area contributed by atoms with Gasteiger partial charge < -0.3 is 19.7 Å². The van der Waals surface area contributed by atoms with Crippen molar-refractivity contribution < 1.29 is 14.3 Å². The number of ether oxygens (including phenoxy) is 2. The first-order valence-corrected chi connectivity index (χ1v) is 9.54. The summed E-state index contributed by atoms with van der Waals surface area (Å²) in [6.07, 6.45) is 5.59. The lowest BCUT2D eigenvalue weighted by Gasteiger charge is -2.38. The quantitative estimate of drug-likeness (QED) is 0.796. The normalized spacial score (nSPS) is 26.8. The summed E-state index contributed by atoms with van der Waals surface area (Å²) in [5.74, 6) is 0.462. The third-order valence-electron chi connectivity index (χ3n) is 5.27. The molecule has 1 amide bonds. The number of hydrogen-bond acceptors (Lipinski definition) is 5. The highest BCUT2D eigenvalue weighted by Crippen LogP contribution is 2.42. The van der Waals surface area contributed by atoms with Crippen LogP contribution in [-0.2, 0) is 20.8 Å². The van der Waals surface area contributed by atoms with E-state index < -0.39 is 0 Å². The van der Waals surface area contributed by atoms with E-state index in [4.69, 9.17) is 9.47 Å². The lowest BCUT2D eigenvalue weighted by atomic mass is 9.93. The molecule has 1 aromatic rings. The van der Waals surface area contributed by atoms with Gasteiger partial charge in [-0.2, -0.15) is 5.10 Å². The van der Waals surface area contributed by atoms with Gasteiger partial charge in [-0.05, 0) is 27.2 Å². The van der Waals surface area contributed by atoms with Gasteiger partial charge >= 0.3 is 0 Å². The fourth-order valence-corrected chi connectivity index (χ4v) is 4.05. The molecule has 1 aromatic heterocycles. The molecule has 0 bridgehead atoms. The van der Waals surface area contributed by atoms with Crippen molar-refractivity contribution in [2.75, 3.05) is 33.5 Å². The SMILES string of the molecule is COCCn1cc([C@H]2[C@H](CN[C@@H]3CCOC3)CC(=O)N2C(C)(C)C)cn1. The van der Waals surface area contributed by atoms with Crippen molar-refractivity contribution in [2.45, 2.75) is 57.8 Å². The van der Waals surface area contributed by atoms with Crippen LogP contribution in [0.5, 0.6) is 0 Å². The first-order valence-electron chi connectivity index (χ1n) is 9.54. The lowest BCUT2D eigenvalue weighted by Crippen LogP contribution is -2.45. The molecule has 1 N–H and O–H groups in total. The molecule has 2 fully saturated rings. The number of methoxy groups -OCH3 is 1. The molecule has 3 rings (SSSR count). The van der Waals surface area contributed by atoms with Crippen LogP contribution in [0.4, 0.5) is 0 Å². The minimum Gasteiger partial charge on any atom is -0.383 e. The van der Waals surface area contributed by atoms with Gasteiger partial charge in [-0.3, -0.25) is 9.48 Å². The van der Waals surface area contributed by atoms with Gasteiger partial charge in [0.2, 0.25) is 5.91 Å². The summed E-state index contributed by atoms with van der Waals surface area (Å²) in [5.41, 5.74) is 0.887. The van der Waals surface area contributed by atoms with Crippen LogP contribution >= 0.6 is 0 Å². The van der Waals surface area contributed by atoms with E-state index in [-0.39, 0.29) is 23.4 Å². The van der Waals surface area contributed by atoms with Gasteiger partial charge in [-0.25, -0.2) is 0 Å². The number of carbonyl (C=O) groups excluding carboxylic acids is 1. The smallest absolute Gasteiger partial charge is 0.223 e. The first kappa shape index (κ1) is 19.3. The van der Waals surface area contributed by atoms with Crippen molar-refractivity contribution in [2.24, 2.45) is 5.92 Å². The van der Waals surface area contributed by atoms with Crippen molar-refractivity contribution in [3.63, 3.8) is 0 Å². The van der Waals surface area contributed by atoms with Crippen molar-refractivity contribution in [1.29, 1.82) is 0 Å². The van der Waals surface area contributed by atoms with Gasteiger partial charge in [0.05, 0.1) is 32.0 Å². The topological polar surface area (TPSA) is 68.6 Å². The predicted molar refractivity (Wildman–Crippen MR) is 98.8 cm³/mol. The zero-order valence-electron chi connectivity index (χ0n) is 16.4. The molecule has 0 aromatic carbocycles. The lowest BCUT2D eigenvalue weighted by molar-refractivity contribution is -0.133. The van der Waals surface area contributed by atoms with E-state index in [2.05, 4.69) is 37.4 Å². The highest BCUT2D eigenvalue weighted by molar-refractivity contribution is 5.80. The molecule has 26 heavy (non-hydrogen) atoms. The van der Waals surface area contributed by atoms with E-state index in [0.717, 1.165) is 38.3 Å². The minimum absolute atomic E-state index is 0.0496. The Balaban J connectivity index is 1.78. The maximum atomic E-state index is 12.8. The van der Waals surface area contributed by atoms with Crippen LogP contribution in [-0.4, -0.2) is 65.6 Å². The van der Waals surface area contributed by atoms with E-state index in [9.17, 15) is 4.79 Å². The third-order valence-corrected chi connectivity index (χ3v) is 5.27. The molecule has 0 radical (unpaired) electrons. The maximum Gasteiger partial charge on any atom is 0.223 e. The zero-order chi connectivity index (χ0) is 18.7. The van der Waals surface area contributed by atoms with Gasteiger partial charge in [0.25, 0.3) is 0 Å². The van der Waals surface area contributed by atoms with Crippen LogP contribution in [0.1, 0.15) is 45.2 Å². The van der Waals surface area contributed by atoms with Crippen molar-refractivity contribution in [3.8, 4) is 0 Å². The Kier molecular flexibility index (Phi) is 5.99. The Morgan fingerprint density at radius 1 is 1.42 bits per heavy atom. The van der Waals surface area contributed by atoms with Crippen LogP contribution in [0.25, 0.3) is 0 Å². The molecule has 0 unspecified atom stereocenters. The first-order chi connectivity index (χ1) is 12.4. The molecule has 7 nitrogen and oxygen atoms in total. The molecule has 2 saturated heterocycles. The summed E-state index contributed by atoms with van der Waals surface area (Å²) in [6, 6.07) is 0.451. The molecule has 3 atom stereocenters. The summed E-state index contributed by atoms with van der Waals surface area (Å²) in [7, 11) is 1.69. The summed E-state index contributed by atoms with van der Waals surface area (Å²) in [6.45, 7) is 10.1. The molecule has 146 valence electrons. The fraction of sp³-hybridized carbons (Fsp3) is 0.789. The standard InChI is InChI=1S/C19H32N4O3/c1-19(2,3)23-17(24)9-14(10-20-16-5-7-26-13-16)18(23)15-11-21-22(12-15)6-8-25-4/h11-12,14,16,18,20H,5-10,13H2,1-4H3/t14-,16+,18+/m0/s1. The highest BCUT2D eigenvalue weighted by Gasteiger charge is 2.45. The molecular weight excluding hydrogens is 332 g/mol. The summed E-state index contributed by atoms with van der Waals surface area (Å²) in [5, 5.41) is 8.08. The molecule has 7 heteroatoms. The van der Waals surface area contributed by atoms with Gasteiger partial charge in [0.1, 0.15) is 0 Å². The number of nitrogens with zero attached hydrogens (tertiary/aromatic N) is 3. The van der Waals surface area contributed by atoms with Crippen LogP contribution in [0.2, 0.25) is 0 Å². The average molecular weight is 364 g/mol. The van der Waals surface area contributed by atoms with Crippen LogP contribution in [0.3, 0.4) is 0 Å².